The summed E-state index contributed by atoms with van der Waals surface area (Å²) in [7, 11) is 0. The molecule has 5 heteroatoms. The molecule has 0 saturated carbocycles. The molecule has 2 aromatic carbocycles. The minimum absolute atomic E-state index is 0.0427. The van der Waals surface area contributed by atoms with Gasteiger partial charge in [-0.2, -0.15) is 0 Å². The molecule has 20 heavy (non-hydrogen) atoms. The second kappa shape index (κ2) is 6.93. The monoisotopic (exact) mass is 292 g/mol. The van der Waals surface area contributed by atoms with Gasteiger partial charge >= 0.3 is 5.97 Å². The molecule has 2 rings (SSSR count). The van der Waals surface area contributed by atoms with Crippen LogP contribution in [0.25, 0.3) is 0 Å². The summed E-state index contributed by atoms with van der Waals surface area (Å²) in [6.07, 6.45) is 0. The Morgan fingerprint density at radius 3 is 2.55 bits per heavy atom. The van der Waals surface area contributed by atoms with Crippen LogP contribution in [0.4, 0.5) is 0 Å². The first kappa shape index (κ1) is 14.4. The number of ether oxygens (including phenoxy) is 2. The van der Waals surface area contributed by atoms with Crippen molar-refractivity contribution in [2.45, 2.75) is 6.61 Å². The van der Waals surface area contributed by atoms with Crippen molar-refractivity contribution in [2.75, 3.05) is 6.79 Å². The van der Waals surface area contributed by atoms with Gasteiger partial charge in [-0.05, 0) is 23.8 Å². The summed E-state index contributed by atoms with van der Waals surface area (Å²) < 4.78 is 10.7. The third kappa shape index (κ3) is 3.98. The lowest BCUT2D eigenvalue weighted by molar-refractivity contribution is 0.00509. The molecule has 0 aliphatic heterocycles. The summed E-state index contributed by atoms with van der Waals surface area (Å²) in [6, 6.07) is 14.0. The number of halogens is 1. The van der Waals surface area contributed by atoms with Crippen molar-refractivity contribution in [3.05, 3.63) is 64.7 Å². The van der Waals surface area contributed by atoms with Gasteiger partial charge in [0.15, 0.2) is 6.79 Å². The van der Waals surface area contributed by atoms with E-state index in [9.17, 15) is 4.79 Å². The lowest BCUT2D eigenvalue weighted by Crippen LogP contribution is -2.04. The van der Waals surface area contributed by atoms with Gasteiger partial charge in [0.05, 0.1) is 17.2 Å². The maximum atomic E-state index is 10.8. The van der Waals surface area contributed by atoms with Crippen LogP contribution in [0.15, 0.2) is 48.5 Å². The third-order valence-corrected chi connectivity index (χ3v) is 2.88. The van der Waals surface area contributed by atoms with Gasteiger partial charge in [-0.1, -0.05) is 41.9 Å². The molecule has 104 valence electrons. The van der Waals surface area contributed by atoms with E-state index in [1.54, 1.807) is 0 Å². The Morgan fingerprint density at radius 1 is 1.15 bits per heavy atom. The third-order valence-electron chi connectivity index (χ3n) is 2.59. The molecule has 0 atom stereocenters. The molecule has 0 fully saturated rings. The molecule has 0 aliphatic rings. The van der Waals surface area contributed by atoms with Crippen molar-refractivity contribution in [3.8, 4) is 5.75 Å². The summed E-state index contributed by atoms with van der Waals surface area (Å²) in [5.74, 6) is -0.636. The van der Waals surface area contributed by atoms with E-state index in [0.29, 0.717) is 12.4 Å². The van der Waals surface area contributed by atoms with Gasteiger partial charge < -0.3 is 14.6 Å². The van der Waals surface area contributed by atoms with Crippen LogP contribution >= 0.6 is 11.6 Å². The molecule has 0 aromatic heterocycles. The zero-order chi connectivity index (χ0) is 14.4. The van der Waals surface area contributed by atoms with Gasteiger partial charge in [-0.3, -0.25) is 0 Å². The van der Waals surface area contributed by atoms with Crippen molar-refractivity contribution >= 4 is 17.6 Å². The maximum Gasteiger partial charge on any atom is 0.335 e. The lowest BCUT2D eigenvalue weighted by Gasteiger charge is -2.09. The Labute approximate surface area is 121 Å². The highest BCUT2D eigenvalue weighted by molar-refractivity contribution is 6.32. The van der Waals surface area contributed by atoms with Gasteiger partial charge in [-0.25, -0.2) is 4.79 Å². The van der Waals surface area contributed by atoms with Gasteiger partial charge in [-0.15, -0.1) is 0 Å². The summed E-state index contributed by atoms with van der Waals surface area (Å²) in [6.45, 7) is 0.479. The van der Waals surface area contributed by atoms with E-state index in [-0.39, 0.29) is 17.4 Å². The summed E-state index contributed by atoms with van der Waals surface area (Å²) in [5, 5.41) is 9.06. The van der Waals surface area contributed by atoms with Crippen molar-refractivity contribution in [3.63, 3.8) is 0 Å². The first-order chi connectivity index (χ1) is 9.66. The normalized spacial score (nSPS) is 10.2. The van der Waals surface area contributed by atoms with E-state index in [4.69, 9.17) is 26.2 Å². The molecule has 0 saturated heterocycles. The summed E-state index contributed by atoms with van der Waals surface area (Å²) >= 11 is 5.93. The number of rotatable bonds is 6. The van der Waals surface area contributed by atoms with E-state index < -0.39 is 5.97 Å². The van der Waals surface area contributed by atoms with E-state index in [1.165, 1.54) is 18.2 Å². The Balaban J connectivity index is 1.84. The molecule has 0 aliphatic carbocycles. The van der Waals surface area contributed by atoms with Crippen molar-refractivity contribution in [1.82, 2.24) is 0 Å². The highest BCUT2D eigenvalue weighted by atomic mass is 35.5. The Morgan fingerprint density at radius 2 is 1.90 bits per heavy atom. The van der Waals surface area contributed by atoms with Crippen LogP contribution in [-0.4, -0.2) is 17.9 Å². The number of benzene rings is 2. The molecule has 0 amide bonds. The molecule has 0 bridgehead atoms. The van der Waals surface area contributed by atoms with Crippen molar-refractivity contribution in [1.29, 1.82) is 0 Å². The Hall–Kier alpha value is -2.04. The number of hydrogen-bond donors (Lipinski definition) is 1. The molecule has 0 spiro atoms. The fourth-order valence-corrected chi connectivity index (χ4v) is 1.82. The van der Waals surface area contributed by atoms with E-state index in [1.807, 2.05) is 30.3 Å². The van der Waals surface area contributed by atoms with Crippen LogP contribution in [-0.2, 0) is 11.3 Å². The second-order valence-electron chi connectivity index (χ2n) is 4.05. The molecule has 1 N–H and O–H groups in total. The van der Waals surface area contributed by atoms with Crippen LogP contribution in [0.5, 0.6) is 5.75 Å². The van der Waals surface area contributed by atoms with E-state index in [2.05, 4.69) is 0 Å². The fourth-order valence-electron chi connectivity index (χ4n) is 1.59. The number of carbonyl (C=O) groups is 1. The molecule has 2 aromatic rings. The standard InChI is InChI=1S/C15H13ClO4/c16-13-8-12(15(17)18)6-7-14(13)20-10-19-9-11-4-2-1-3-5-11/h1-8H,9-10H2,(H,17,18). The average molecular weight is 293 g/mol. The predicted molar refractivity (Wildman–Crippen MR) is 75.1 cm³/mol. The highest BCUT2D eigenvalue weighted by Crippen LogP contribution is 2.25. The molecule has 0 unspecified atom stereocenters. The van der Waals surface area contributed by atoms with Gasteiger partial charge in [0.2, 0.25) is 0 Å². The topological polar surface area (TPSA) is 55.8 Å². The molecule has 4 nitrogen and oxygen atoms in total. The fraction of sp³-hybridized carbons (Fsp3) is 0.133. The number of carboxylic acids is 1. The Kier molecular flexibility index (Phi) is 4.98. The average Bonchev–Trinajstić information content (AvgIpc) is 2.46. The van der Waals surface area contributed by atoms with E-state index >= 15 is 0 Å². The van der Waals surface area contributed by atoms with E-state index in [0.717, 1.165) is 5.56 Å². The minimum atomic E-state index is -1.03. The maximum absolute atomic E-state index is 10.8. The molecule has 0 radical (unpaired) electrons. The highest BCUT2D eigenvalue weighted by Gasteiger charge is 2.07. The van der Waals surface area contributed by atoms with Crippen LogP contribution in [0.3, 0.4) is 0 Å². The summed E-state index contributed by atoms with van der Waals surface area (Å²) in [4.78, 5) is 10.8. The van der Waals surface area contributed by atoms with Crippen molar-refractivity contribution in [2.24, 2.45) is 0 Å². The molecule has 0 heterocycles. The molecular weight excluding hydrogens is 280 g/mol. The predicted octanol–water partition coefficient (Wildman–Crippen LogP) is 3.59. The number of hydrogen-bond acceptors (Lipinski definition) is 3. The first-order valence-corrected chi connectivity index (χ1v) is 6.32. The zero-order valence-electron chi connectivity index (χ0n) is 10.6. The quantitative estimate of drug-likeness (QED) is 0.653. The van der Waals surface area contributed by atoms with Crippen LogP contribution in [0, 0.1) is 0 Å². The largest absolute Gasteiger partial charge is 0.478 e. The zero-order valence-corrected chi connectivity index (χ0v) is 11.3. The molecular formula is C15H13ClO4. The van der Waals surface area contributed by atoms with Crippen LogP contribution in [0.2, 0.25) is 5.02 Å². The number of aromatic carboxylic acids is 1. The summed E-state index contributed by atoms with van der Waals surface area (Å²) in [5.41, 5.74) is 1.16. The minimum Gasteiger partial charge on any atom is -0.478 e. The van der Waals surface area contributed by atoms with Gasteiger partial charge in [0.25, 0.3) is 0 Å². The van der Waals surface area contributed by atoms with Gasteiger partial charge in [0.1, 0.15) is 5.75 Å². The van der Waals surface area contributed by atoms with Crippen LogP contribution < -0.4 is 4.74 Å². The Bertz CT molecular complexity index is 584. The second-order valence-corrected chi connectivity index (χ2v) is 4.45. The van der Waals surface area contributed by atoms with Crippen molar-refractivity contribution < 1.29 is 19.4 Å². The first-order valence-electron chi connectivity index (χ1n) is 5.94. The SMILES string of the molecule is O=C(O)c1ccc(OCOCc2ccccc2)c(Cl)c1. The lowest BCUT2D eigenvalue weighted by atomic mass is 10.2. The number of carboxylic acid groups (broad SMARTS) is 1. The van der Waals surface area contributed by atoms with Gasteiger partial charge in [0, 0.05) is 0 Å². The smallest absolute Gasteiger partial charge is 0.335 e. The van der Waals surface area contributed by atoms with Crippen LogP contribution in [0.1, 0.15) is 15.9 Å².